The van der Waals surface area contributed by atoms with Crippen molar-refractivity contribution < 1.29 is 4.79 Å². The Balaban J connectivity index is 1.53. The number of rotatable bonds is 6. The summed E-state index contributed by atoms with van der Waals surface area (Å²) < 4.78 is 0.826. The molecule has 25 heavy (non-hydrogen) atoms. The van der Waals surface area contributed by atoms with E-state index in [1.165, 1.54) is 23.1 Å². The number of carbonyl (C=O) groups is 1. The van der Waals surface area contributed by atoms with Gasteiger partial charge >= 0.3 is 0 Å². The maximum Gasteiger partial charge on any atom is 0.230 e. The predicted molar refractivity (Wildman–Crippen MR) is 101 cm³/mol. The molecule has 1 saturated heterocycles. The van der Waals surface area contributed by atoms with Crippen LogP contribution in [0.15, 0.2) is 22.7 Å². The first-order chi connectivity index (χ1) is 12.1. The van der Waals surface area contributed by atoms with E-state index in [4.69, 9.17) is 0 Å². The number of nitrogens with one attached hydrogen (secondary N) is 1. The summed E-state index contributed by atoms with van der Waals surface area (Å²) in [5.74, 6) is 1.31. The second kappa shape index (κ2) is 8.59. The van der Waals surface area contributed by atoms with E-state index >= 15 is 0 Å². The molecule has 0 radical (unpaired) electrons. The molecule has 0 aliphatic carbocycles. The number of likely N-dealkylation sites (N-methyl/N-ethyl adjacent to an activating group) is 1. The molecule has 0 bridgehead atoms. The number of carbonyl (C=O) groups excluding carboxylic acids is 1. The zero-order valence-electron chi connectivity index (χ0n) is 14.4. The molecule has 2 aromatic rings. The molecule has 1 aliphatic rings. The normalized spacial score (nSPS) is 15.4. The summed E-state index contributed by atoms with van der Waals surface area (Å²) in [6.07, 6.45) is 1.81. The number of thioether (sulfide) groups is 1. The zero-order chi connectivity index (χ0) is 17.6. The van der Waals surface area contributed by atoms with Gasteiger partial charge < -0.3 is 15.1 Å². The highest BCUT2D eigenvalue weighted by Crippen LogP contribution is 2.22. The molecule has 0 unspecified atom stereocenters. The minimum Gasteiger partial charge on any atom is -0.354 e. The summed E-state index contributed by atoms with van der Waals surface area (Å²) in [6.45, 7) is 6.37. The van der Waals surface area contributed by atoms with Crippen LogP contribution in [0.2, 0.25) is 0 Å². The van der Waals surface area contributed by atoms with Crippen LogP contribution < -0.4 is 10.2 Å². The van der Waals surface area contributed by atoms with Crippen LogP contribution in [0.4, 0.5) is 5.82 Å². The van der Waals surface area contributed by atoms with Gasteiger partial charge in [-0.05, 0) is 20.0 Å². The summed E-state index contributed by atoms with van der Waals surface area (Å²) in [7, 11) is 2.13. The van der Waals surface area contributed by atoms with Crippen molar-refractivity contribution in [1.82, 2.24) is 25.4 Å². The number of amides is 1. The molecule has 0 spiro atoms. The SMILES string of the molecule is Cc1nnc(SCC(=O)NCc2cccnc2N2CCN(C)CC2)s1. The molecule has 2 aromatic heterocycles. The third kappa shape index (κ3) is 5.13. The van der Waals surface area contributed by atoms with Crippen molar-refractivity contribution in [3.63, 3.8) is 0 Å². The lowest BCUT2D eigenvalue weighted by atomic mass is 10.2. The Morgan fingerprint density at radius 2 is 2.12 bits per heavy atom. The van der Waals surface area contributed by atoms with Gasteiger partial charge in [-0.25, -0.2) is 4.98 Å². The van der Waals surface area contributed by atoms with Gasteiger partial charge in [0, 0.05) is 44.5 Å². The van der Waals surface area contributed by atoms with Crippen LogP contribution >= 0.6 is 23.1 Å². The number of pyridine rings is 1. The van der Waals surface area contributed by atoms with E-state index in [0.717, 1.165) is 46.9 Å². The fourth-order valence-corrected chi connectivity index (χ4v) is 4.23. The van der Waals surface area contributed by atoms with Gasteiger partial charge in [-0.2, -0.15) is 0 Å². The molecule has 1 fully saturated rings. The van der Waals surface area contributed by atoms with E-state index in [1.54, 1.807) is 0 Å². The van der Waals surface area contributed by atoms with Crippen LogP contribution in [0.1, 0.15) is 10.6 Å². The first-order valence-corrected chi connectivity index (χ1v) is 9.99. The molecule has 1 aliphatic heterocycles. The summed E-state index contributed by atoms with van der Waals surface area (Å²) >= 11 is 2.92. The molecule has 0 aromatic carbocycles. The number of hydrogen-bond acceptors (Lipinski definition) is 8. The molecule has 3 rings (SSSR count). The standard InChI is InChI=1S/C16H22N6OS2/c1-12-19-20-16(25-12)24-11-14(23)18-10-13-4-3-5-17-15(13)22-8-6-21(2)7-9-22/h3-5H,6-11H2,1-2H3,(H,18,23). The van der Waals surface area contributed by atoms with Crippen molar-refractivity contribution in [3.05, 3.63) is 28.9 Å². The largest absolute Gasteiger partial charge is 0.354 e. The number of aromatic nitrogens is 3. The Hall–Kier alpha value is -1.71. The first kappa shape index (κ1) is 18.1. The quantitative estimate of drug-likeness (QED) is 0.762. The van der Waals surface area contributed by atoms with Gasteiger partial charge in [-0.1, -0.05) is 29.2 Å². The second-order valence-corrected chi connectivity index (χ2v) is 8.33. The lowest BCUT2D eigenvalue weighted by molar-refractivity contribution is -0.118. The van der Waals surface area contributed by atoms with Gasteiger partial charge in [0.2, 0.25) is 5.91 Å². The molecule has 9 heteroatoms. The van der Waals surface area contributed by atoms with Crippen LogP contribution in [-0.2, 0) is 11.3 Å². The van der Waals surface area contributed by atoms with Gasteiger partial charge in [0.05, 0.1) is 5.75 Å². The zero-order valence-corrected chi connectivity index (χ0v) is 16.1. The van der Waals surface area contributed by atoms with E-state index in [-0.39, 0.29) is 5.91 Å². The van der Waals surface area contributed by atoms with Gasteiger partial charge in [0.1, 0.15) is 10.8 Å². The highest BCUT2D eigenvalue weighted by Gasteiger charge is 2.18. The van der Waals surface area contributed by atoms with E-state index in [1.807, 2.05) is 25.3 Å². The molecule has 0 saturated carbocycles. The number of hydrogen-bond donors (Lipinski definition) is 1. The third-order valence-corrected chi connectivity index (χ3v) is 5.95. The lowest BCUT2D eigenvalue weighted by Crippen LogP contribution is -2.45. The fraction of sp³-hybridized carbons (Fsp3) is 0.500. The highest BCUT2D eigenvalue weighted by atomic mass is 32.2. The Labute approximate surface area is 155 Å². The van der Waals surface area contributed by atoms with Gasteiger partial charge in [0.25, 0.3) is 0 Å². The second-order valence-electron chi connectivity index (χ2n) is 5.93. The highest BCUT2D eigenvalue weighted by molar-refractivity contribution is 8.01. The maximum atomic E-state index is 12.1. The third-order valence-electron chi connectivity index (χ3n) is 3.98. The van der Waals surface area contributed by atoms with Crippen LogP contribution in [0.5, 0.6) is 0 Å². The van der Waals surface area contributed by atoms with Crippen LogP contribution in [0, 0.1) is 6.92 Å². The van der Waals surface area contributed by atoms with Gasteiger partial charge in [0.15, 0.2) is 4.34 Å². The van der Waals surface area contributed by atoms with Crippen molar-refractivity contribution in [2.45, 2.75) is 17.8 Å². The van der Waals surface area contributed by atoms with E-state index in [0.29, 0.717) is 12.3 Å². The molecule has 1 amide bonds. The predicted octanol–water partition coefficient (Wildman–Crippen LogP) is 1.40. The first-order valence-electron chi connectivity index (χ1n) is 8.19. The van der Waals surface area contributed by atoms with Crippen LogP contribution in [-0.4, -0.2) is 65.0 Å². The monoisotopic (exact) mass is 378 g/mol. The Kier molecular flexibility index (Phi) is 6.22. The van der Waals surface area contributed by atoms with Crippen LogP contribution in [0.3, 0.4) is 0 Å². The van der Waals surface area contributed by atoms with Gasteiger partial charge in [-0.3, -0.25) is 4.79 Å². The molecular formula is C16H22N6OS2. The molecular weight excluding hydrogens is 356 g/mol. The van der Waals surface area contributed by atoms with Crippen molar-refractivity contribution in [3.8, 4) is 0 Å². The topological polar surface area (TPSA) is 74.2 Å². The van der Waals surface area contributed by atoms with Crippen molar-refractivity contribution in [1.29, 1.82) is 0 Å². The number of anilines is 1. The Morgan fingerprint density at radius 3 is 2.84 bits per heavy atom. The van der Waals surface area contributed by atoms with Crippen molar-refractivity contribution >= 4 is 34.8 Å². The van der Waals surface area contributed by atoms with E-state index in [2.05, 4.69) is 37.3 Å². The minimum absolute atomic E-state index is 0.00830. The average Bonchev–Trinajstić information content (AvgIpc) is 3.04. The van der Waals surface area contributed by atoms with Gasteiger partial charge in [-0.15, -0.1) is 10.2 Å². The molecule has 134 valence electrons. The Bertz CT molecular complexity index is 714. The Morgan fingerprint density at radius 1 is 1.32 bits per heavy atom. The summed E-state index contributed by atoms with van der Waals surface area (Å²) in [6, 6.07) is 3.95. The molecule has 0 atom stereocenters. The number of piperazine rings is 1. The number of nitrogens with zero attached hydrogens (tertiary/aromatic N) is 5. The summed E-state index contributed by atoms with van der Waals surface area (Å²) in [5, 5.41) is 11.9. The average molecular weight is 379 g/mol. The van der Waals surface area contributed by atoms with E-state index < -0.39 is 0 Å². The number of aryl methyl sites for hydroxylation is 1. The molecule has 1 N–H and O–H groups in total. The maximum absolute atomic E-state index is 12.1. The summed E-state index contributed by atoms with van der Waals surface area (Å²) in [4.78, 5) is 21.3. The van der Waals surface area contributed by atoms with Crippen molar-refractivity contribution in [2.24, 2.45) is 0 Å². The molecule has 7 nitrogen and oxygen atoms in total. The van der Waals surface area contributed by atoms with Crippen molar-refractivity contribution in [2.75, 3.05) is 43.9 Å². The van der Waals surface area contributed by atoms with E-state index in [9.17, 15) is 4.79 Å². The smallest absolute Gasteiger partial charge is 0.230 e. The fourth-order valence-electron chi connectivity index (χ4n) is 2.58. The van der Waals surface area contributed by atoms with Crippen LogP contribution in [0.25, 0.3) is 0 Å². The molecule has 3 heterocycles. The minimum atomic E-state index is -0.00830. The lowest BCUT2D eigenvalue weighted by Gasteiger charge is -2.34. The summed E-state index contributed by atoms with van der Waals surface area (Å²) in [5.41, 5.74) is 1.05.